The second kappa shape index (κ2) is 7.93. The normalized spacial score (nSPS) is 16.6. The number of carbonyl (C=O) groups is 2. The predicted octanol–water partition coefficient (Wildman–Crippen LogP) is 0.107. The first-order chi connectivity index (χ1) is 10.6. The third-order valence-electron chi connectivity index (χ3n) is 4.02. The molecule has 0 aliphatic carbocycles. The van der Waals surface area contributed by atoms with Gasteiger partial charge in [-0.15, -0.1) is 0 Å². The predicted molar refractivity (Wildman–Crippen MR) is 82.7 cm³/mol. The smallest absolute Gasteiger partial charge is 0.231 e. The standard InChI is InChI=1S/C15H25N5O2/c1-2-6-20-9-5-17-14(20)10-18-15(22)12-3-7-19(8-4-12)11-13(16)21/h5,9,12H,2-4,6-8,10-11H2,1H3,(H2,16,21)(H,18,22). The number of aryl methyl sites for hydroxylation is 1. The molecule has 1 aliphatic heterocycles. The van der Waals surface area contributed by atoms with Gasteiger partial charge >= 0.3 is 0 Å². The molecule has 122 valence electrons. The average Bonchev–Trinajstić information content (AvgIpc) is 2.93. The van der Waals surface area contributed by atoms with Crippen LogP contribution in [0.3, 0.4) is 0 Å². The number of nitrogens with one attached hydrogen (secondary N) is 1. The topological polar surface area (TPSA) is 93.2 Å². The van der Waals surface area contributed by atoms with Crippen LogP contribution in [0.1, 0.15) is 32.0 Å². The summed E-state index contributed by atoms with van der Waals surface area (Å²) in [5.74, 6) is 0.663. The molecule has 0 aromatic carbocycles. The first-order valence-corrected chi connectivity index (χ1v) is 7.88. The van der Waals surface area contributed by atoms with Gasteiger partial charge < -0.3 is 15.6 Å². The first-order valence-electron chi connectivity index (χ1n) is 7.88. The SMILES string of the molecule is CCCn1ccnc1CNC(=O)C1CCN(CC(N)=O)CC1. The molecule has 0 radical (unpaired) electrons. The summed E-state index contributed by atoms with van der Waals surface area (Å²) in [6.45, 7) is 5.26. The van der Waals surface area contributed by atoms with Gasteiger partial charge in [-0.1, -0.05) is 6.92 Å². The molecule has 1 aromatic heterocycles. The lowest BCUT2D eigenvalue weighted by Gasteiger charge is -2.30. The third kappa shape index (κ3) is 4.56. The van der Waals surface area contributed by atoms with Crippen molar-refractivity contribution in [2.75, 3.05) is 19.6 Å². The third-order valence-corrected chi connectivity index (χ3v) is 4.02. The number of likely N-dealkylation sites (tertiary alicyclic amines) is 1. The maximum atomic E-state index is 12.2. The van der Waals surface area contributed by atoms with Crippen molar-refractivity contribution >= 4 is 11.8 Å². The van der Waals surface area contributed by atoms with Crippen LogP contribution in [0.5, 0.6) is 0 Å². The minimum absolute atomic E-state index is 0.0127. The van der Waals surface area contributed by atoms with Crippen molar-refractivity contribution in [2.24, 2.45) is 11.7 Å². The van der Waals surface area contributed by atoms with Gasteiger partial charge in [0.25, 0.3) is 0 Å². The number of carbonyl (C=O) groups excluding carboxylic acids is 2. The monoisotopic (exact) mass is 307 g/mol. The van der Waals surface area contributed by atoms with Crippen LogP contribution in [0.25, 0.3) is 0 Å². The first kappa shape index (κ1) is 16.5. The zero-order valence-electron chi connectivity index (χ0n) is 13.1. The van der Waals surface area contributed by atoms with Crippen LogP contribution >= 0.6 is 0 Å². The number of nitrogens with zero attached hydrogens (tertiary/aromatic N) is 3. The molecule has 7 heteroatoms. The van der Waals surface area contributed by atoms with E-state index < -0.39 is 0 Å². The van der Waals surface area contributed by atoms with Gasteiger partial charge in [0, 0.05) is 24.9 Å². The molecule has 0 atom stereocenters. The molecule has 1 fully saturated rings. The molecule has 22 heavy (non-hydrogen) atoms. The fourth-order valence-corrected chi connectivity index (χ4v) is 2.84. The van der Waals surface area contributed by atoms with Gasteiger partial charge in [0.2, 0.25) is 11.8 Å². The zero-order valence-corrected chi connectivity index (χ0v) is 13.1. The number of rotatable bonds is 7. The quantitative estimate of drug-likeness (QED) is 0.747. The lowest BCUT2D eigenvalue weighted by atomic mass is 9.96. The minimum atomic E-state index is -0.314. The highest BCUT2D eigenvalue weighted by Crippen LogP contribution is 2.17. The number of amides is 2. The highest BCUT2D eigenvalue weighted by molar-refractivity contribution is 5.79. The number of primary amides is 1. The Hall–Kier alpha value is -1.89. The van der Waals surface area contributed by atoms with Crippen LogP contribution in [-0.2, 0) is 22.7 Å². The Morgan fingerprint density at radius 3 is 2.77 bits per heavy atom. The molecule has 3 N–H and O–H groups in total. The molecule has 7 nitrogen and oxygen atoms in total. The van der Waals surface area contributed by atoms with Crippen molar-refractivity contribution in [3.63, 3.8) is 0 Å². The van der Waals surface area contributed by atoms with Gasteiger partial charge in [-0.2, -0.15) is 0 Å². The van der Waals surface area contributed by atoms with Crippen molar-refractivity contribution < 1.29 is 9.59 Å². The molecule has 0 spiro atoms. The van der Waals surface area contributed by atoms with Gasteiger partial charge in [0.1, 0.15) is 5.82 Å². The number of hydrogen-bond acceptors (Lipinski definition) is 4. The van der Waals surface area contributed by atoms with Crippen molar-refractivity contribution in [3.8, 4) is 0 Å². The van der Waals surface area contributed by atoms with E-state index in [1.165, 1.54) is 0 Å². The second-order valence-corrected chi connectivity index (χ2v) is 5.77. The summed E-state index contributed by atoms with van der Waals surface area (Å²) in [5, 5.41) is 2.98. The van der Waals surface area contributed by atoms with Crippen LogP contribution in [0, 0.1) is 5.92 Å². The summed E-state index contributed by atoms with van der Waals surface area (Å²) >= 11 is 0. The van der Waals surface area contributed by atoms with Crippen molar-refractivity contribution in [2.45, 2.75) is 39.3 Å². The number of hydrogen-bond donors (Lipinski definition) is 2. The molecular weight excluding hydrogens is 282 g/mol. The van der Waals surface area contributed by atoms with Gasteiger partial charge in [-0.05, 0) is 32.4 Å². The summed E-state index contributed by atoms with van der Waals surface area (Å²) in [7, 11) is 0. The lowest BCUT2D eigenvalue weighted by molar-refractivity contribution is -0.126. The van der Waals surface area contributed by atoms with Crippen LogP contribution < -0.4 is 11.1 Å². The van der Waals surface area contributed by atoms with Gasteiger partial charge in [0.05, 0.1) is 13.1 Å². The largest absolute Gasteiger partial charge is 0.369 e. The molecule has 0 unspecified atom stereocenters. The van der Waals surface area contributed by atoms with E-state index in [-0.39, 0.29) is 24.3 Å². The van der Waals surface area contributed by atoms with Gasteiger partial charge in [-0.25, -0.2) is 4.98 Å². The molecule has 1 aliphatic rings. The van der Waals surface area contributed by atoms with E-state index >= 15 is 0 Å². The lowest BCUT2D eigenvalue weighted by Crippen LogP contribution is -2.43. The molecule has 0 saturated carbocycles. The summed E-state index contributed by atoms with van der Waals surface area (Å²) in [4.78, 5) is 29.4. The van der Waals surface area contributed by atoms with Crippen LogP contribution in [-0.4, -0.2) is 45.9 Å². The summed E-state index contributed by atoms with van der Waals surface area (Å²) < 4.78 is 2.07. The number of piperidine rings is 1. The number of nitrogens with two attached hydrogens (primary N) is 1. The van der Waals surface area contributed by atoms with Gasteiger partial charge in [-0.3, -0.25) is 14.5 Å². The Morgan fingerprint density at radius 1 is 1.41 bits per heavy atom. The van der Waals surface area contributed by atoms with Crippen LogP contribution in [0.4, 0.5) is 0 Å². The molecule has 2 rings (SSSR count). The number of imidazole rings is 1. The van der Waals surface area contributed by atoms with E-state index in [2.05, 4.69) is 21.8 Å². The molecule has 2 heterocycles. The fourth-order valence-electron chi connectivity index (χ4n) is 2.84. The Labute approximate surface area is 130 Å². The van der Waals surface area contributed by atoms with Crippen molar-refractivity contribution in [3.05, 3.63) is 18.2 Å². The molecule has 1 aromatic rings. The Morgan fingerprint density at radius 2 is 2.14 bits per heavy atom. The van der Waals surface area contributed by atoms with E-state index in [0.29, 0.717) is 6.54 Å². The van der Waals surface area contributed by atoms with E-state index in [1.807, 2.05) is 11.1 Å². The fraction of sp³-hybridized carbons (Fsp3) is 0.667. The molecule has 2 amide bonds. The number of aromatic nitrogens is 2. The molecular formula is C15H25N5O2. The van der Waals surface area contributed by atoms with E-state index in [9.17, 15) is 9.59 Å². The maximum Gasteiger partial charge on any atom is 0.231 e. The summed E-state index contributed by atoms with van der Waals surface area (Å²) in [6.07, 6.45) is 6.27. The minimum Gasteiger partial charge on any atom is -0.369 e. The van der Waals surface area contributed by atoms with Crippen molar-refractivity contribution in [1.29, 1.82) is 0 Å². The highest BCUT2D eigenvalue weighted by Gasteiger charge is 2.25. The molecule has 1 saturated heterocycles. The highest BCUT2D eigenvalue weighted by atomic mass is 16.2. The zero-order chi connectivity index (χ0) is 15.9. The second-order valence-electron chi connectivity index (χ2n) is 5.77. The van der Waals surface area contributed by atoms with Crippen LogP contribution in [0.2, 0.25) is 0 Å². The Balaban J connectivity index is 1.76. The Kier molecular flexibility index (Phi) is 5.94. The summed E-state index contributed by atoms with van der Waals surface area (Å²) in [6, 6.07) is 0. The maximum absolute atomic E-state index is 12.2. The van der Waals surface area contributed by atoms with Crippen LogP contribution in [0.15, 0.2) is 12.4 Å². The summed E-state index contributed by atoms with van der Waals surface area (Å²) in [5.41, 5.74) is 5.19. The van der Waals surface area contributed by atoms with E-state index in [0.717, 1.165) is 44.7 Å². The average molecular weight is 307 g/mol. The van der Waals surface area contributed by atoms with Crippen molar-refractivity contribution in [1.82, 2.24) is 19.8 Å². The van der Waals surface area contributed by atoms with E-state index in [1.54, 1.807) is 6.20 Å². The van der Waals surface area contributed by atoms with E-state index in [4.69, 9.17) is 5.73 Å². The van der Waals surface area contributed by atoms with Gasteiger partial charge in [0.15, 0.2) is 0 Å². The Bertz CT molecular complexity index is 506. The molecule has 0 bridgehead atoms.